The molecule has 2 rings (SSSR count). The Labute approximate surface area is 144 Å². The molecular formula is C12H12N4O4S3. The van der Waals surface area contributed by atoms with Gasteiger partial charge in [0.25, 0.3) is 5.69 Å². The molecule has 0 aliphatic heterocycles. The Bertz CT molecular complexity index is 722. The van der Waals surface area contributed by atoms with Crippen LogP contribution in [0.25, 0.3) is 0 Å². The van der Waals surface area contributed by atoms with Gasteiger partial charge in [0, 0.05) is 12.1 Å². The summed E-state index contributed by atoms with van der Waals surface area (Å²) in [5, 5.41) is 14.1. The molecule has 0 bridgehead atoms. The normalized spacial score (nSPS) is 10.3. The molecule has 0 aliphatic rings. The molecule has 23 heavy (non-hydrogen) atoms. The zero-order valence-corrected chi connectivity index (χ0v) is 14.6. The summed E-state index contributed by atoms with van der Waals surface area (Å²) >= 11 is 3.91. The van der Waals surface area contributed by atoms with E-state index >= 15 is 0 Å². The lowest BCUT2D eigenvalue weighted by atomic mass is 10.2. The quantitative estimate of drug-likeness (QED) is 0.449. The first-order valence-corrected chi connectivity index (χ1v) is 9.14. The smallest absolute Gasteiger partial charge is 0.271 e. The lowest BCUT2D eigenvalue weighted by Crippen LogP contribution is -2.14. The Balaban J connectivity index is 2.01. The Hall–Kier alpha value is -1.85. The summed E-state index contributed by atoms with van der Waals surface area (Å²) in [5.41, 5.74) is 0.136. The maximum Gasteiger partial charge on any atom is 0.271 e. The van der Waals surface area contributed by atoms with Gasteiger partial charge in [-0.05, 0) is 23.9 Å². The third-order valence-corrected chi connectivity index (χ3v) is 5.06. The Morgan fingerprint density at radius 1 is 1.52 bits per heavy atom. The topological polar surface area (TPSA) is 107 Å². The number of carbonyl (C=O) groups is 1. The van der Waals surface area contributed by atoms with Crippen molar-refractivity contribution in [2.75, 3.05) is 24.4 Å². The van der Waals surface area contributed by atoms with Crippen LogP contribution < -0.4 is 10.1 Å². The van der Waals surface area contributed by atoms with Crippen LogP contribution in [0, 0.1) is 10.1 Å². The van der Waals surface area contributed by atoms with Crippen LogP contribution in [0.4, 0.5) is 11.4 Å². The third kappa shape index (κ3) is 4.81. The van der Waals surface area contributed by atoms with Crippen molar-refractivity contribution in [3.63, 3.8) is 0 Å². The first-order valence-electron chi connectivity index (χ1n) is 6.16. The van der Waals surface area contributed by atoms with Gasteiger partial charge in [0.2, 0.25) is 11.1 Å². The van der Waals surface area contributed by atoms with E-state index in [0.717, 1.165) is 0 Å². The fourth-order valence-corrected chi connectivity index (χ4v) is 3.57. The average molecular weight is 372 g/mol. The molecule has 0 fully saturated rings. The molecule has 1 aromatic heterocycles. The van der Waals surface area contributed by atoms with Gasteiger partial charge in [-0.3, -0.25) is 14.9 Å². The van der Waals surface area contributed by atoms with E-state index in [9.17, 15) is 14.9 Å². The van der Waals surface area contributed by atoms with Gasteiger partial charge in [-0.25, -0.2) is 4.98 Å². The highest BCUT2D eigenvalue weighted by Crippen LogP contribution is 2.29. The highest BCUT2D eigenvalue weighted by molar-refractivity contribution is 8.01. The molecule has 1 amide bonds. The summed E-state index contributed by atoms with van der Waals surface area (Å²) in [6, 6.07) is 4.02. The van der Waals surface area contributed by atoms with E-state index in [1.54, 1.807) is 0 Å². The van der Waals surface area contributed by atoms with Gasteiger partial charge in [-0.2, -0.15) is 4.37 Å². The van der Waals surface area contributed by atoms with Crippen molar-refractivity contribution in [3.05, 3.63) is 28.3 Å². The number of benzene rings is 1. The number of rotatable bonds is 7. The minimum absolute atomic E-state index is 0.120. The molecule has 0 atom stereocenters. The van der Waals surface area contributed by atoms with Crippen LogP contribution in [0.15, 0.2) is 27.7 Å². The predicted molar refractivity (Wildman–Crippen MR) is 90.7 cm³/mol. The van der Waals surface area contributed by atoms with Gasteiger partial charge in [-0.15, -0.1) is 0 Å². The Morgan fingerprint density at radius 3 is 2.91 bits per heavy atom. The number of thioether (sulfide) groups is 2. The molecule has 0 spiro atoms. The monoisotopic (exact) mass is 372 g/mol. The number of nitrogens with zero attached hydrogens (tertiary/aromatic N) is 3. The molecule has 0 radical (unpaired) electrons. The van der Waals surface area contributed by atoms with Gasteiger partial charge >= 0.3 is 0 Å². The molecule has 11 heteroatoms. The number of ether oxygens (including phenoxy) is 1. The number of anilines is 1. The van der Waals surface area contributed by atoms with E-state index in [-0.39, 0.29) is 23.0 Å². The molecule has 0 aliphatic carbocycles. The summed E-state index contributed by atoms with van der Waals surface area (Å²) in [5.74, 6) is 0.165. The number of aromatic nitrogens is 2. The van der Waals surface area contributed by atoms with Crippen molar-refractivity contribution in [2.45, 2.75) is 9.50 Å². The average Bonchev–Trinajstić information content (AvgIpc) is 3.01. The van der Waals surface area contributed by atoms with E-state index in [0.29, 0.717) is 15.2 Å². The number of nitro benzene ring substituents is 1. The van der Waals surface area contributed by atoms with Gasteiger partial charge in [-0.1, -0.05) is 23.5 Å². The molecule has 8 nitrogen and oxygen atoms in total. The summed E-state index contributed by atoms with van der Waals surface area (Å²) in [6.07, 6.45) is 1.87. The number of hydrogen-bond acceptors (Lipinski definition) is 9. The number of non-ortho nitro benzene ring substituents is 1. The lowest BCUT2D eigenvalue weighted by molar-refractivity contribution is -0.384. The van der Waals surface area contributed by atoms with E-state index in [4.69, 9.17) is 4.74 Å². The van der Waals surface area contributed by atoms with Crippen LogP contribution in [0.1, 0.15) is 0 Å². The van der Waals surface area contributed by atoms with Gasteiger partial charge in [0.15, 0.2) is 4.34 Å². The standard InChI is InChI=1S/C12H12N4O4S3/c1-20-9-4-3-7(16(18)19)5-8(9)13-10(17)6-22-12-14-11(21-2)15-23-12/h3-5H,6H2,1-2H3,(H,13,17). The largest absolute Gasteiger partial charge is 0.495 e. The van der Waals surface area contributed by atoms with Crippen molar-refractivity contribution >= 4 is 52.3 Å². The molecule has 0 saturated heterocycles. The third-order valence-electron chi connectivity index (χ3n) is 2.57. The zero-order chi connectivity index (χ0) is 16.8. The maximum absolute atomic E-state index is 12.0. The number of nitro groups is 1. The number of amides is 1. The second-order valence-electron chi connectivity index (χ2n) is 4.03. The molecule has 122 valence electrons. The van der Waals surface area contributed by atoms with Crippen molar-refractivity contribution in [2.24, 2.45) is 0 Å². The van der Waals surface area contributed by atoms with Crippen molar-refractivity contribution in [1.29, 1.82) is 0 Å². The molecule has 2 aromatic rings. The molecule has 1 N–H and O–H groups in total. The van der Waals surface area contributed by atoms with Crippen molar-refractivity contribution in [3.8, 4) is 5.75 Å². The van der Waals surface area contributed by atoms with E-state index < -0.39 is 4.92 Å². The van der Waals surface area contributed by atoms with Crippen molar-refractivity contribution < 1.29 is 14.5 Å². The summed E-state index contributed by atoms with van der Waals surface area (Å²) in [4.78, 5) is 26.5. The van der Waals surface area contributed by atoms with Crippen LogP contribution in [-0.2, 0) is 4.79 Å². The fraction of sp³-hybridized carbons (Fsp3) is 0.250. The zero-order valence-electron chi connectivity index (χ0n) is 12.1. The maximum atomic E-state index is 12.0. The number of carbonyl (C=O) groups excluding carboxylic acids is 1. The van der Waals surface area contributed by atoms with Crippen LogP contribution >= 0.6 is 35.1 Å². The minimum atomic E-state index is -0.533. The molecule has 1 aromatic carbocycles. The highest BCUT2D eigenvalue weighted by atomic mass is 32.2. The minimum Gasteiger partial charge on any atom is -0.495 e. The number of hydrogen-bond donors (Lipinski definition) is 1. The molecule has 0 unspecified atom stereocenters. The Kier molecular flexibility index (Phi) is 6.19. The van der Waals surface area contributed by atoms with Crippen LogP contribution in [0.5, 0.6) is 5.75 Å². The highest BCUT2D eigenvalue weighted by Gasteiger charge is 2.14. The summed E-state index contributed by atoms with van der Waals surface area (Å²) in [6.45, 7) is 0. The summed E-state index contributed by atoms with van der Waals surface area (Å²) < 4.78 is 9.89. The van der Waals surface area contributed by atoms with E-state index in [1.807, 2.05) is 6.26 Å². The van der Waals surface area contributed by atoms with Gasteiger partial charge in [0.05, 0.1) is 23.5 Å². The number of methoxy groups -OCH3 is 1. The summed E-state index contributed by atoms with van der Waals surface area (Å²) in [7, 11) is 1.43. The fourth-order valence-electron chi connectivity index (χ4n) is 1.56. The van der Waals surface area contributed by atoms with Crippen LogP contribution in [-0.4, -0.2) is 39.3 Å². The van der Waals surface area contributed by atoms with E-state index in [2.05, 4.69) is 14.7 Å². The molecule has 1 heterocycles. The SMILES string of the molecule is COc1ccc([N+](=O)[O-])cc1NC(=O)CSc1nc(SC)ns1. The van der Waals surface area contributed by atoms with Gasteiger partial charge < -0.3 is 10.1 Å². The van der Waals surface area contributed by atoms with Crippen molar-refractivity contribution in [1.82, 2.24) is 9.36 Å². The molecule has 0 saturated carbocycles. The number of nitrogens with one attached hydrogen (secondary N) is 1. The second kappa shape index (κ2) is 8.13. The lowest BCUT2D eigenvalue weighted by Gasteiger charge is -2.09. The first kappa shape index (κ1) is 17.5. The predicted octanol–water partition coefficient (Wildman–Crippen LogP) is 2.91. The van der Waals surface area contributed by atoms with Gasteiger partial charge in [0.1, 0.15) is 5.75 Å². The Morgan fingerprint density at radius 2 is 2.30 bits per heavy atom. The second-order valence-corrected chi connectivity index (χ2v) is 6.77. The first-order chi connectivity index (χ1) is 11.0. The van der Waals surface area contributed by atoms with Crippen LogP contribution in [0.3, 0.4) is 0 Å². The van der Waals surface area contributed by atoms with E-state index in [1.165, 1.54) is 60.4 Å². The molecular weight excluding hydrogens is 360 g/mol. The van der Waals surface area contributed by atoms with Crippen LogP contribution in [0.2, 0.25) is 0 Å².